The number of benzene rings is 3. The van der Waals surface area contributed by atoms with Gasteiger partial charge in [0.25, 0.3) is 0 Å². The van der Waals surface area contributed by atoms with Crippen LogP contribution >= 0.6 is 39.1 Å². The molecule has 1 aliphatic rings. The second-order valence-electron chi connectivity index (χ2n) is 7.19. The fraction of sp³-hybridized carbons (Fsp3) is 0.208. The highest BCUT2D eigenvalue weighted by atomic mass is 79.9. The monoisotopic (exact) mass is 519 g/mol. The number of ether oxygens (including phenoxy) is 2. The highest BCUT2D eigenvalue weighted by molar-refractivity contribution is 9.10. The van der Waals surface area contributed by atoms with Crippen LogP contribution in [-0.2, 0) is 17.8 Å². The number of fused-ring (bicyclic) bond motifs is 1. The first-order valence-electron chi connectivity index (χ1n) is 9.80. The number of carbonyl (C=O) groups is 1. The minimum Gasteiger partial charge on any atom is -0.495 e. The summed E-state index contributed by atoms with van der Waals surface area (Å²) in [5, 5.41) is 1.16. The zero-order valence-corrected chi connectivity index (χ0v) is 19.9. The molecule has 1 atom stereocenters. The highest BCUT2D eigenvalue weighted by Crippen LogP contribution is 2.50. The van der Waals surface area contributed by atoms with Crippen LogP contribution < -0.4 is 9.64 Å². The molecule has 1 aliphatic heterocycles. The van der Waals surface area contributed by atoms with Gasteiger partial charge in [-0.15, -0.1) is 0 Å². The summed E-state index contributed by atoms with van der Waals surface area (Å²) >= 11 is 16.6. The molecule has 0 N–H and O–H groups in total. The summed E-state index contributed by atoms with van der Waals surface area (Å²) in [5.41, 5.74) is 3.22. The van der Waals surface area contributed by atoms with Gasteiger partial charge in [0.2, 0.25) is 0 Å². The standard InChI is InChI=1S/C24H20BrCl2NO3/c1-30-21-13-18(25)22(27)17-11-12-20(16-9-5-6-10-19(16)26)28(23(17)21)24(29)31-14-15-7-3-2-4-8-15/h2-10,13,20H,11-12,14H2,1H3. The molecule has 0 saturated carbocycles. The molecule has 3 aromatic rings. The summed E-state index contributed by atoms with van der Waals surface area (Å²) in [4.78, 5) is 15.1. The lowest BCUT2D eigenvalue weighted by molar-refractivity contribution is 0.143. The predicted octanol–water partition coefficient (Wildman–Crippen LogP) is 7.60. The largest absolute Gasteiger partial charge is 0.495 e. The van der Waals surface area contributed by atoms with Crippen LogP contribution in [0.1, 0.15) is 29.2 Å². The van der Waals surface area contributed by atoms with E-state index in [0.29, 0.717) is 34.3 Å². The molecule has 3 aromatic carbocycles. The third-order valence-corrected chi connectivity index (χ3v) is 6.99. The smallest absolute Gasteiger partial charge is 0.415 e. The van der Waals surface area contributed by atoms with Crippen molar-refractivity contribution in [2.75, 3.05) is 12.0 Å². The summed E-state index contributed by atoms with van der Waals surface area (Å²) in [6.45, 7) is 0.160. The summed E-state index contributed by atoms with van der Waals surface area (Å²) in [5.74, 6) is 0.541. The highest BCUT2D eigenvalue weighted by Gasteiger charge is 2.38. The van der Waals surface area contributed by atoms with Gasteiger partial charge >= 0.3 is 6.09 Å². The molecule has 0 saturated heterocycles. The first kappa shape index (κ1) is 22.0. The Hall–Kier alpha value is -2.21. The van der Waals surface area contributed by atoms with Crippen LogP contribution in [0.3, 0.4) is 0 Å². The SMILES string of the molecule is COc1cc(Br)c(Cl)c2c1N(C(=O)OCc1ccccc1)C(c1ccccc1Cl)CC2. The molecule has 0 spiro atoms. The maximum atomic E-state index is 13.4. The van der Waals surface area contributed by atoms with Crippen LogP contribution in [0.2, 0.25) is 10.0 Å². The second kappa shape index (κ2) is 9.51. The van der Waals surface area contributed by atoms with Gasteiger partial charge in [-0.2, -0.15) is 0 Å². The Bertz CT molecular complexity index is 1110. The van der Waals surface area contributed by atoms with E-state index in [2.05, 4.69) is 15.9 Å². The molecule has 4 rings (SSSR count). The van der Waals surface area contributed by atoms with Crippen molar-refractivity contribution < 1.29 is 14.3 Å². The van der Waals surface area contributed by atoms with Crippen LogP contribution in [0.25, 0.3) is 0 Å². The molecule has 4 nitrogen and oxygen atoms in total. The quantitative estimate of drug-likeness (QED) is 0.355. The molecule has 160 valence electrons. The van der Waals surface area contributed by atoms with Gasteiger partial charge in [0, 0.05) is 9.50 Å². The van der Waals surface area contributed by atoms with Crippen molar-refractivity contribution in [2.45, 2.75) is 25.5 Å². The van der Waals surface area contributed by atoms with Gasteiger partial charge in [-0.05, 0) is 57.6 Å². The summed E-state index contributed by atoms with van der Waals surface area (Å²) in [7, 11) is 1.57. The van der Waals surface area contributed by atoms with E-state index in [4.69, 9.17) is 32.7 Å². The van der Waals surface area contributed by atoms with E-state index in [1.165, 1.54) is 0 Å². The van der Waals surface area contributed by atoms with Crippen LogP contribution in [0, 0.1) is 0 Å². The Labute approximate surface area is 199 Å². The first-order valence-corrected chi connectivity index (χ1v) is 11.3. The molecular formula is C24H20BrCl2NO3. The Morgan fingerprint density at radius 3 is 2.55 bits per heavy atom. The van der Waals surface area contributed by atoms with Crippen LogP contribution in [0.15, 0.2) is 65.1 Å². The van der Waals surface area contributed by atoms with Crippen molar-refractivity contribution in [2.24, 2.45) is 0 Å². The lowest BCUT2D eigenvalue weighted by Gasteiger charge is -2.38. The van der Waals surface area contributed by atoms with E-state index in [1.54, 1.807) is 18.1 Å². The first-order chi connectivity index (χ1) is 15.0. The lowest BCUT2D eigenvalue weighted by Crippen LogP contribution is -2.39. The predicted molar refractivity (Wildman–Crippen MR) is 127 cm³/mol. The second-order valence-corrected chi connectivity index (χ2v) is 8.83. The Morgan fingerprint density at radius 1 is 1.13 bits per heavy atom. The third kappa shape index (κ3) is 4.40. The van der Waals surface area contributed by atoms with E-state index in [1.807, 2.05) is 54.6 Å². The van der Waals surface area contributed by atoms with Crippen molar-refractivity contribution in [3.63, 3.8) is 0 Å². The Kier molecular flexibility index (Phi) is 6.75. The summed E-state index contributed by atoms with van der Waals surface area (Å²) in [6, 6.07) is 18.6. The number of hydrogen-bond acceptors (Lipinski definition) is 3. The van der Waals surface area contributed by atoms with Gasteiger partial charge in [0.15, 0.2) is 0 Å². The molecule has 0 fully saturated rings. The van der Waals surface area contributed by atoms with E-state index in [-0.39, 0.29) is 12.6 Å². The molecule has 0 bridgehead atoms. The van der Waals surface area contributed by atoms with E-state index >= 15 is 0 Å². The van der Waals surface area contributed by atoms with Crippen molar-refractivity contribution in [3.8, 4) is 5.75 Å². The van der Waals surface area contributed by atoms with Crippen molar-refractivity contribution in [3.05, 3.63) is 91.9 Å². The molecular weight excluding hydrogens is 501 g/mol. The van der Waals surface area contributed by atoms with E-state index in [9.17, 15) is 4.79 Å². The number of rotatable bonds is 4. The topological polar surface area (TPSA) is 38.8 Å². The average molecular weight is 521 g/mol. The maximum absolute atomic E-state index is 13.4. The van der Waals surface area contributed by atoms with Crippen molar-refractivity contribution in [1.82, 2.24) is 0 Å². The number of halogens is 3. The van der Waals surface area contributed by atoms with Gasteiger partial charge in [-0.25, -0.2) is 4.79 Å². The van der Waals surface area contributed by atoms with Crippen molar-refractivity contribution in [1.29, 1.82) is 0 Å². The van der Waals surface area contributed by atoms with Gasteiger partial charge < -0.3 is 9.47 Å². The van der Waals surface area contributed by atoms with Gasteiger partial charge in [-0.1, -0.05) is 71.7 Å². The van der Waals surface area contributed by atoms with Crippen LogP contribution in [0.5, 0.6) is 5.75 Å². The van der Waals surface area contributed by atoms with E-state index < -0.39 is 6.09 Å². The Balaban J connectivity index is 1.79. The molecule has 7 heteroatoms. The number of anilines is 1. The molecule has 0 radical (unpaired) electrons. The number of nitrogens with zero attached hydrogens (tertiary/aromatic N) is 1. The minimum absolute atomic E-state index is 0.160. The maximum Gasteiger partial charge on any atom is 0.415 e. The summed E-state index contributed by atoms with van der Waals surface area (Å²) < 4.78 is 12.1. The van der Waals surface area contributed by atoms with Gasteiger partial charge in [0.1, 0.15) is 12.4 Å². The zero-order valence-electron chi connectivity index (χ0n) is 16.8. The Morgan fingerprint density at radius 2 is 1.84 bits per heavy atom. The number of carbonyl (C=O) groups excluding carboxylic acids is 1. The molecule has 1 amide bonds. The summed E-state index contributed by atoms with van der Waals surface area (Å²) in [6.07, 6.45) is 0.838. The molecule has 0 aliphatic carbocycles. The van der Waals surface area contributed by atoms with Gasteiger partial charge in [0.05, 0.1) is 23.9 Å². The van der Waals surface area contributed by atoms with E-state index in [0.717, 1.165) is 21.2 Å². The zero-order chi connectivity index (χ0) is 22.0. The molecule has 1 unspecified atom stereocenters. The average Bonchev–Trinajstić information content (AvgIpc) is 2.80. The third-order valence-electron chi connectivity index (χ3n) is 5.36. The fourth-order valence-electron chi connectivity index (χ4n) is 3.90. The van der Waals surface area contributed by atoms with Crippen molar-refractivity contribution >= 4 is 50.9 Å². The number of amides is 1. The lowest BCUT2D eigenvalue weighted by atomic mass is 9.91. The minimum atomic E-state index is -0.480. The number of hydrogen-bond donors (Lipinski definition) is 0. The van der Waals surface area contributed by atoms with Gasteiger partial charge in [-0.3, -0.25) is 4.90 Å². The van der Waals surface area contributed by atoms with Crippen LogP contribution in [0.4, 0.5) is 10.5 Å². The van der Waals surface area contributed by atoms with Crippen LogP contribution in [-0.4, -0.2) is 13.2 Å². The fourth-order valence-corrected chi connectivity index (χ4v) is 4.85. The molecule has 1 heterocycles. The normalized spacial score (nSPS) is 15.4. The molecule has 31 heavy (non-hydrogen) atoms. The molecule has 0 aromatic heterocycles. The number of methoxy groups -OCH3 is 1.